The first-order chi connectivity index (χ1) is 9.49. The van der Waals surface area contributed by atoms with E-state index in [0.717, 1.165) is 25.7 Å². The van der Waals surface area contributed by atoms with Crippen molar-refractivity contribution in [1.29, 1.82) is 0 Å². The lowest BCUT2D eigenvalue weighted by atomic mass is 9.60. The molecule has 0 aromatic carbocycles. The highest BCUT2D eigenvalue weighted by Crippen LogP contribution is 2.55. The van der Waals surface area contributed by atoms with Gasteiger partial charge in [0.1, 0.15) is 0 Å². The fraction of sp³-hybridized carbons (Fsp3) is 0.938. The van der Waals surface area contributed by atoms with Crippen molar-refractivity contribution in [2.75, 3.05) is 0 Å². The first-order valence-electron chi connectivity index (χ1n) is 8.04. The van der Waals surface area contributed by atoms with E-state index in [-0.39, 0.29) is 12.0 Å². The molecule has 2 aliphatic carbocycles. The summed E-state index contributed by atoms with van der Waals surface area (Å²) in [5.41, 5.74) is -0.571. The van der Waals surface area contributed by atoms with Crippen molar-refractivity contribution in [3.05, 3.63) is 0 Å². The molecule has 4 nitrogen and oxygen atoms in total. The molecule has 4 aliphatic rings. The van der Waals surface area contributed by atoms with Crippen LogP contribution < -0.4 is 0 Å². The van der Waals surface area contributed by atoms with Crippen LogP contribution in [0, 0.1) is 23.2 Å². The summed E-state index contributed by atoms with van der Waals surface area (Å²) < 4.78 is 11.3. The van der Waals surface area contributed by atoms with Gasteiger partial charge in [0.05, 0.1) is 29.8 Å². The van der Waals surface area contributed by atoms with Crippen molar-refractivity contribution in [3.8, 4) is 0 Å². The molecule has 0 aromatic rings. The molecule has 0 bridgehead atoms. The van der Waals surface area contributed by atoms with Gasteiger partial charge in [0.25, 0.3) is 0 Å². The van der Waals surface area contributed by atoms with Crippen molar-refractivity contribution in [2.45, 2.75) is 70.4 Å². The standard InChI is InChI=1S/C16H24O4/c1-8-3-11-13(19-11)5-10(8)6-16(15(17)18)7-14-12(20-14)4-9(16)2/h8-14H,3-7H2,1-2H3,(H,17,18). The fourth-order valence-corrected chi connectivity index (χ4v) is 4.81. The van der Waals surface area contributed by atoms with Crippen molar-refractivity contribution < 1.29 is 19.4 Å². The van der Waals surface area contributed by atoms with E-state index < -0.39 is 11.4 Å². The summed E-state index contributed by atoms with van der Waals surface area (Å²) in [4.78, 5) is 12.0. The van der Waals surface area contributed by atoms with Crippen LogP contribution in [0.2, 0.25) is 0 Å². The lowest BCUT2D eigenvalue weighted by molar-refractivity contribution is -0.156. The topological polar surface area (TPSA) is 62.4 Å². The molecule has 0 spiro atoms. The van der Waals surface area contributed by atoms with Crippen LogP contribution in [0.15, 0.2) is 0 Å². The molecule has 8 atom stereocenters. The molecule has 20 heavy (non-hydrogen) atoms. The zero-order valence-corrected chi connectivity index (χ0v) is 12.2. The van der Waals surface area contributed by atoms with Crippen molar-refractivity contribution in [1.82, 2.24) is 0 Å². The highest BCUT2D eigenvalue weighted by molar-refractivity contribution is 5.75. The Morgan fingerprint density at radius 3 is 2.50 bits per heavy atom. The molecule has 8 unspecified atom stereocenters. The van der Waals surface area contributed by atoms with E-state index in [1.165, 1.54) is 0 Å². The molecule has 2 aliphatic heterocycles. The highest BCUT2D eigenvalue weighted by Gasteiger charge is 2.59. The average molecular weight is 280 g/mol. The summed E-state index contributed by atoms with van der Waals surface area (Å²) >= 11 is 0. The Bertz CT molecular complexity index is 436. The zero-order chi connectivity index (χ0) is 14.1. The molecule has 1 N–H and O–H groups in total. The van der Waals surface area contributed by atoms with Crippen LogP contribution in [0.1, 0.15) is 46.0 Å². The van der Waals surface area contributed by atoms with Gasteiger partial charge in [0.2, 0.25) is 0 Å². The van der Waals surface area contributed by atoms with Gasteiger partial charge in [-0.1, -0.05) is 13.8 Å². The predicted octanol–water partition coefficient (Wildman–Crippen LogP) is 2.46. The number of fused-ring (bicyclic) bond motifs is 2. The molecule has 2 heterocycles. The SMILES string of the molecule is CC1CC2OC2CC1CC1(C(=O)O)CC2OC2CC1C. The smallest absolute Gasteiger partial charge is 0.310 e. The molecule has 112 valence electrons. The molecule has 4 fully saturated rings. The number of aliphatic carboxylic acids is 1. The molecular formula is C16H24O4. The maximum Gasteiger partial charge on any atom is 0.310 e. The van der Waals surface area contributed by atoms with Gasteiger partial charge in [-0.25, -0.2) is 0 Å². The minimum Gasteiger partial charge on any atom is -0.481 e. The van der Waals surface area contributed by atoms with Gasteiger partial charge in [-0.15, -0.1) is 0 Å². The number of rotatable bonds is 3. The first kappa shape index (κ1) is 13.1. The Balaban J connectivity index is 1.54. The van der Waals surface area contributed by atoms with Crippen molar-refractivity contribution in [3.63, 3.8) is 0 Å². The Morgan fingerprint density at radius 1 is 1.10 bits per heavy atom. The second kappa shape index (κ2) is 4.20. The highest BCUT2D eigenvalue weighted by atomic mass is 16.6. The molecule has 4 heteroatoms. The van der Waals surface area contributed by atoms with Gasteiger partial charge in [-0.2, -0.15) is 0 Å². The predicted molar refractivity (Wildman–Crippen MR) is 72.3 cm³/mol. The second-order valence-corrected chi connectivity index (χ2v) is 7.64. The van der Waals surface area contributed by atoms with Crippen molar-refractivity contribution in [2.24, 2.45) is 23.2 Å². The molecule has 2 saturated carbocycles. The third-order valence-corrected chi connectivity index (χ3v) is 6.47. The van der Waals surface area contributed by atoms with Crippen molar-refractivity contribution >= 4 is 5.97 Å². The number of hydrogen-bond donors (Lipinski definition) is 1. The molecule has 4 rings (SSSR count). The molecular weight excluding hydrogens is 256 g/mol. The summed E-state index contributed by atoms with van der Waals surface area (Å²) in [7, 11) is 0. The summed E-state index contributed by atoms with van der Waals surface area (Å²) in [5.74, 6) is 0.686. The second-order valence-electron chi connectivity index (χ2n) is 7.64. The van der Waals surface area contributed by atoms with Gasteiger partial charge in [-0.05, 0) is 49.9 Å². The molecule has 0 radical (unpaired) electrons. The number of hydrogen-bond acceptors (Lipinski definition) is 3. The summed E-state index contributed by atoms with van der Waals surface area (Å²) in [6.45, 7) is 4.37. The zero-order valence-electron chi connectivity index (χ0n) is 12.2. The Hall–Kier alpha value is -0.610. The van der Waals surface area contributed by atoms with Gasteiger partial charge >= 0.3 is 5.97 Å². The molecule has 0 amide bonds. The van der Waals surface area contributed by atoms with Crippen LogP contribution >= 0.6 is 0 Å². The van der Waals surface area contributed by atoms with Crippen LogP contribution in [-0.2, 0) is 14.3 Å². The normalized spacial score (nSPS) is 56.6. The minimum absolute atomic E-state index is 0.214. The van der Waals surface area contributed by atoms with Crippen LogP contribution in [0.3, 0.4) is 0 Å². The largest absolute Gasteiger partial charge is 0.481 e. The maximum absolute atomic E-state index is 12.0. The third kappa shape index (κ3) is 1.92. The van der Waals surface area contributed by atoms with Gasteiger partial charge < -0.3 is 14.6 Å². The van der Waals surface area contributed by atoms with E-state index in [0.29, 0.717) is 36.6 Å². The van der Waals surface area contributed by atoms with Crippen LogP contribution in [0.25, 0.3) is 0 Å². The Labute approximate surface area is 119 Å². The summed E-state index contributed by atoms with van der Waals surface area (Å²) in [5, 5.41) is 9.90. The number of carboxylic acids is 1. The van der Waals surface area contributed by atoms with E-state index in [2.05, 4.69) is 13.8 Å². The number of epoxide rings is 2. The molecule has 2 saturated heterocycles. The van der Waals surface area contributed by atoms with Gasteiger partial charge in [-0.3, -0.25) is 4.79 Å². The Kier molecular flexibility index (Phi) is 2.75. The minimum atomic E-state index is -0.606. The quantitative estimate of drug-likeness (QED) is 0.807. The Morgan fingerprint density at radius 2 is 1.75 bits per heavy atom. The fourth-order valence-electron chi connectivity index (χ4n) is 4.81. The van der Waals surface area contributed by atoms with E-state index in [4.69, 9.17) is 9.47 Å². The van der Waals surface area contributed by atoms with Crippen LogP contribution in [0.5, 0.6) is 0 Å². The first-order valence-corrected chi connectivity index (χ1v) is 8.04. The lowest BCUT2D eigenvalue weighted by Gasteiger charge is -2.41. The summed E-state index contributed by atoms with van der Waals surface area (Å²) in [6, 6.07) is 0. The monoisotopic (exact) mass is 280 g/mol. The van der Waals surface area contributed by atoms with Gasteiger partial charge in [0.15, 0.2) is 0 Å². The van der Waals surface area contributed by atoms with E-state index >= 15 is 0 Å². The molecule has 0 aromatic heterocycles. The number of carbonyl (C=O) groups is 1. The third-order valence-electron chi connectivity index (χ3n) is 6.47. The number of carboxylic acid groups (broad SMARTS) is 1. The van der Waals surface area contributed by atoms with Gasteiger partial charge in [0, 0.05) is 0 Å². The maximum atomic E-state index is 12.0. The average Bonchev–Trinajstić information content (AvgIpc) is 3.25. The number of ether oxygens (including phenoxy) is 2. The lowest BCUT2D eigenvalue weighted by Crippen LogP contribution is -2.45. The van der Waals surface area contributed by atoms with E-state index in [9.17, 15) is 9.90 Å². The van der Waals surface area contributed by atoms with E-state index in [1.807, 2.05) is 0 Å². The summed E-state index contributed by atoms with van der Waals surface area (Å²) in [6.07, 6.45) is 6.07. The van der Waals surface area contributed by atoms with Crippen LogP contribution in [-0.4, -0.2) is 35.5 Å². The van der Waals surface area contributed by atoms with Crippen LogP contribution in [0.4, 0.5) is 0 Å². The van der Waals surface area contributed by atoms with E-state index in [1.54, 1.807) is 0 Å².